The smallest absolute Gasteiger partial charge is 0.120 e. The van der Waals surface area contributed by atoms with Crippen molar-refractivity contribution in [1.82, 2.24) is 5.32 Å². The van der Waals surface area contributed by atoms with Crippen molar-refractivity contribution in [2.45, 2.75) is 57.7 Å². The van der Waals surface area contributed by atoms with Crippen LogP contribution in [0.25, 0.3) is 0 Å². The highest BCUT2D eigenvalue weighted by atomic mass is 16.3. The average molecular weight is 217 g/mol. The maximum absolute atomic E-state index is 9.65. The molecule has 0 radical (unpaired) electrons. The molecule has 0 saturated carbocycles. The summed E-state index contributed by atoms with van der Waals surface area (Å²) in [6.45, 7) is 3.71. The predicted molar refractivity (Wildman–Crippen MR) is 64.4 cm³/mol. The molecule has 1 unspecified atom stereocenters. The molecule has 0 fully saturated rings. The SMILES string of the molecule is CCCCCNC(O)[C@H](N)CCCCN. The number of nitrogens with one attached hydrogen (secondary N) is 1. The van der Waals surface area contributed by atoms with Crippen LogP contribution in [0.3, 0.4) is 0 Å². The summed E-state index contributed by atoms with van der Waals surface area (Å²) in [4.78, 5) is 0. The molecule has 0 spiro atoms. The molecule has 0 heterocycles. The lowest BCUT2D eigenvalue weighted by Crippen LogP contribution is -2.45. The monoisotopic (exact) mass is 217 g/mol. The quantitative estimate of drug-likeness (QED) is 0.318. The summed E-state index contributed by atoms with van der Waals surface area (Å²) >= 11 is 0. The van der Waals surface area contributed by atoms with Crippen LogP contribution in [-0.2, 0) is 0 Å². The first-order chi connectivity index (χ1) is 7.22. The number of hydrogen-bond acceptors (Lipinski definition) is 4. The van der Waals surface area contributed by atoms with Gasteiger partial charge in [-0.3, -0.25) is 5.32 Å². The number of nitrogens with two attached hydrogens (primary N) is 2. The van der Waals surface area contributed by atoms with Gasteiger partial charge in [0, 0.05) is 6.04 Å². The van der Waals surface area contributed by atoms with E-state index in [-0.39, 0.29) is 6.04 Å². The summed E-state index contributed by atoms with van der Waals surface area (Å²) in [7, 11) is 0. The number of aliphatic hydroxyl groups is 1. The van der Waals surface area contributed by atoms with E-state index in [9.17, 15) is 5.11 Å². The van der Waals surface area contributed by atoms with Crippen molar-refractivity contribution in [3.05, 3.63) is 0 Å². The van der Waals surface area contributed by atoms with Crippen LogP contribution in [0, 0.1) is 0 Å². The fourth-order valence-electron chi connectivity index (χ4n) is 1.46. The molecule has 0 rings (SSSR count). The lowest BCUT2D eigenvalue weighted by atomic mass is 10.1. The second kappa shape index (κ2) is 10.4. The van der Waals surface area contributed by atoms with Gasteiger partial charge in [0.1, 0.15) is 6.23 Å². The van der Waals surface area contributed by atoms with Gasteiger partial charge in [-0.25, -0.2) is 0 Å². The van der Waals surface area contributed by atoms with Crippen LogP contribution >= 0.6 is 0 Å². The molecule has 0 saturated heterocycles. The second-order valence-corrected chi connectivity index (χ2v) is 4.05. The predicted octanol–water partition coefficient (Wildman–Crippen LogP) is 0.541. The first-order valence-corrected chi connectivity index (χ1v) is 6.09. The van der Waals surface area contributed by atoms with Crippen LogP contribution in [0.15, 0.2) is 0 Å². The molecule has 0 aliphatic carbocycles. The summed E-state index contributed by atoms with van der Waals surface area (Å²) in [6.07, 6.45) is 5.73. The first kappa shape index (κ1) is 14.8. The van der Waals surface area contributed by atoms with Gasteiger partial charge in [0.25, 0.3) is 0 Å². The number of aliphatic hydroxyl groups excluding tert-OH is 1. The Kier molecular flexibility index (Phi) is 10.3. The van der Waals surface area contributed by atoms with E-state index in [4.69, 9.17) is 11.5 Å². The molecule has 0 aromatic rings. The third kappa shape index (κ3) is 8.81. The van der Waals surface area contributed by atoms with Crippen molar-refractivity contribution in [3.63, 3.8) is 0 Å². The molecular weight excluding hydrogens is 190 g/mol. The van der Waals surface area contributed by atoms with Gasteiger partial charge < -0.3 is 16.6 Å². The van der Waals surface area contributed by atoms with E-state index < -0.39 is 6.23 Å². The molecule has 0 amide bonds. The molecule has 0 aromatic carbocycles. The Bertz CT molecular complexity index is 133. The number of hydrogen-bond donors (Lipinski definition) is 4. The molecule has 0 bridgehead atoms. The summed E-state index contributed by atoms with van der Waals surface area (Å²) in [5.74, 6) is 0. The summed E-state index contributed by atoms with van der Waals surface area (Å²) in [5.41, 5.74) is 11.2. The minimum atomic E-state index is -0.570. The van der Waals surface area contributed by atoms with E-state index in [0.717, 1.165) is 32.2 Å². The summed E-state index contributed by atoms with van der Waals surface area (Å²) in [6, 6.07) is -0.168. The largest absolute Gasteiger partial charge is 0.377 e. The number of rotatable bonds is 10. The third-order valence-electron chi connectivity index (χ3n) is 2.53. The zero-order valence-corrected chi connectivity index (χ0v) is 9.91. The normalized spacial score (nSPS) is 15.2. The average Bonchev–Trinajstić information content (AvgIpc) is 2.24. The molecule has 0 aliphatic rings. The van der Waals surface area contributed by atoms with Gasteiger partial charge in [-0.1, -0.05) is 26.2 Å². The van der Waals surface area contributed by atoms with E-state index in [2.05, 4.69) is 12.2 Å². The van der Waals surface area contributed by atoms with Crippen LogP contribution < -0.4 is 16.8 Å². The van der Waals surface area contributed by atoms with Gasteiger partial charge in [-0.15, -0.1) is 0 Å². The van der Waals surface area contributed by atoms with Crippen LogP contribution in [0.4, 0.5) is 0 Å². The fraction of sp³-hybridized carbons (Fsp3) is 1.00. The van der Waals surface area contributed by atoms with Crippen molar-refractivity contribution < 1.29 is 5.11 Å². The van der Waals surface area contributed by atoms with Crippen molar-refractivity contribution in [3.8, 4) is 0 Å². The fourth-order valence-corrected chi connectivity index (χ4v) is 1.46. The standard InChI is InChI=1S/C11H27N3O/c1-2-3-6-9-14-11(15)10(13)7-4-5-8-12/h10-11,14-15H,2-9,12-13H2,1H3/t10-,11?/m1/s1. The second-order valence-electron chi connectivity index (χ2n) is 4.05. The Morgan fingerprint density at radius 2 is 1.93 bits per heavy atom. The van der Waals surface area contributed by atoms with Crippen molar-refractivity contribution in [2.75, 3.05) is 13.1 Å². The van der Waals surface area contributed by atoms with E-state index >= 15 is 0 Å². The van der Waals surface area contributed by atoms with Crippen LogP contribution in [-0.4, -0.2) is 30.5 Å². The van der Waals surface area contributed by atoms with E-state index in [1.807, 2.05) is 0 Å². The molecule has 4 nitrogen and oxygen atoms in total. The van der Waals surface area contributed by atoms with Crippen LogP contribution in [0.5, 0.6) is 0 Å². The number of unbranched alkanes of at least 4 members (excludes halogenated alkanes) is 3. The highest BCUT2D eigenvalue weighted by Crippen LogP contribution is 2.01. The molecule has 92 valence electrons. The Morgan fingerprint density at radius 1 is 1.20 bits per heavy atom. The Morgan fingerprint density at radius 3 is 2.53 bits per heavy atom. The lowest BCUT2D eigenvalue weighted by molar-refractivity contribution is 0.104. The highest BCUT2D eigenvalue weighted by molar-refractivity contribution is 4.69. The van der Waals surface area contributed by atoms with Gasteiger partial charge in [0.2, 0.25) is 0 Å². The van der Waals surface area contributed by atoms with Crippen molar-refractivity contribution >= 4 is 0 Å². The van der Waals surface area contributed by atoms with Crippen molar-refractivity contribution in [1.29, 1.82) is 0 Å². The Balaban J connectivity index is 3.38. The molecule has 0 aromatic heterocycles. The summed E-state index contributed by atoms with van der Waals surface area (Å²) < 4.78 is 0. The minimum absolute atomic E-state index is 0.168. The van der Waals surface area contributed by atoms with Gasteiger partial charge in [-0.2, -0.15) is 0 Å². The molecule has 0 aliphatic heterocycles. The van der Waals surface area contributed by atoms with Crippen molar-refractivity contribution in [2.24, 2.45) is 11.5 Å². The zero-order chi connectivity index (χ0) is 11.5. The van der Waals surface area contributed by atoms with E-state index in [1.54, 1.807) is 0 Å². The minimum Gasteiger partial charge on any atom is -0.377 e. The van der Waals surface area contributed by atoms with Crippen LogP contribution in [0.1, 0.15) is 45.4 Å². The van der Waals surface area contributed by atoms with Crippen LogP contribution in [0.2, 0.25) is 0 Å². The topological polar surface area (TPSA) is 84.3 Å². The van der Waals surface area contributed by atoms with Gasteiger partial charge in [0.15, 0.2) is 0 Å². The van der Waals surface area contributed by atoms with E-state index in [0.29, 0.717) is 6.54 Å². The molecule has 6 N–H and O–H groups in total. The zero-order valence-electron chi connectivity index (χ0n) is 9.91. The first-order valence-electron chi connectivity index (χ1n) is 6.09. The Labute approximate surface area is 93.4 Å². The maximum Gasteiger partial charge on any atom is 0.120 e. The highest BCUT2D eigenvalue weighted by Gasteiger charge is 2.12. The third-order valence-corrected chi connectivity index (χ3v) is 2.53. The summed E-state index contributed by atoms with van der Waals surface area (Å²) in [5, 5.41) is 12.7. The maximum atomic E-state index is 9.65. The molecular formula is C11H27N3O. The molecule has 15 heavy (non-hydrogen) atoms. The van der Waals surface area contributed by atoms with E-state index in [1.165, 1.54) is 12.8 Å². The lowest BCUT2D eigenvalue weighted by Gasteiger charge is -2.19. The molecule has 2 atom stereocenters. The van der Waals surface area contributed by atoms with Gasteiger partial charge in [0.05, 0.1) is 0 Å². The molecule has 4 heteroatoms. The van der Waals surface area contributed by atoms with Gasteiger partial charge in [-0.05, 0) is 32.4 Å². The Hall–Kier alpha value is -0.160. The van der Waals surface area contributed by atoms with Gasteiger partial charge >= 0.3 is 0 Å².